The first-order valence-electron chi connectivity index (χ1n) is 8.45. The third-order valence-corrected chi connectivity index (χ3v) is 4.21. The fraction of sp³-hybridized carbons (Fsp3) is 0.412. The maximum absolute atomic E-state index is 13.3. The normalized spacial score (nSPS) is 16.1. The van der Waals surface area contributed by atoms with E-state index in [2.05, 4.69) is 30.5 Å². The Labute approximate surface area is 149 Å². The highest BCUT2D eigenvalue weighted by Crippen LogP contribution is 2.27. The Balaban J connectivity index is 1.84. The molecule has 0 aliphatic carbocycles. The zero-order chi connectivity index (χ0) is 18.5. The van der Waals surface area contributed by atoms with Gasteiger partial charge in [0.15, 0.2) is 0 Å². The highest BCUT2D eigenvalue weighted by atomic mass is 19.1. The summed E-state index contributed by atoms with van der Waals surface area (Å²) in [5.41, 5.74) is 0.684. The van der Waals surface area contributed by atoms with Crippen LogP contribution in [0, 0.1) is 5.82 Å². The zero-order valence-electron chi connectivity index (χ0n) is 14.4. The zero-order valence-corrected chi connectivity index (χ0v) is 14.4. The number of rotatable bonds is 5. The average Bonchev–Trinajstić information content (AvgIpc) is 3.04. The van der Waals surface area contributed by atoms with Crippen LogP contribution in [-0.2, 0) is 9.59 Å². The number of piperidine rings is 1. The van der Waals surface area contributed by atoms with Gasteiger partial charge in [0.1, 0.15) is 11.9 Å². The minimum atomic E-state index is -0.599. The highest BCUT2D eigenvalue weighted by molar-refractivity contribution is 5.99. The molecule has 1 saturated heterocycles. The SMILES string of the molecule is CC(=O)Nc1nonc1NC(=O)C(c1ccc(F)cc1)N1CCCCC1. The second-order valence-corrected chi connectivity index (χ2v) is 6.18. The third kappa shape index (κ3) is 4.23. The maximum atomic E-state index is 13.3. The molecule has 1 aromatic carbocycles. The predicted molar refractivity (Wildman–Crippen MR) is 91.8 cm³/mol. The smallest absolute Gasteiger partial charge is 0.247 e. The molecular formula is C17H20FN5O3. The van der Waals surface area contributed by atoms with E-state index in [1.807, 2.05) is 0 Å². The first-order valence-corrected chi connectivity index (χ1v) is 8.45. The van der Waals surface area contributed by atoms with E-state index >= 15 is 0 Å². The lowest BCUT2D eigenvalue weighted by molar-refractivity contribution is -0.122. The number of benzene rings is 1. The van der Waals surface area contributed by atoms with E-state index in [-0.39, 0.29) is 29.3 Å². The van der Waals surface area contributed by atoms with Gasteiger partial charge >= 0.3 is 0 Å². The fourth-order valence-corrected chi connectivity index (χ4v) is 3.05. The Bertz CT molecular complexity index is 771. The molecule has 2 amide bonds. The summed E-state index contributed by atoms with van der Waals surface area (Å²) in [6, 6.07) is 5.27. The molecule has 1 atom stereocenters. The number of aromatic nitrogens is 2. The lowest BCUT2D eigenvalue weighted by Crippen LogP contribution is -2.40. The summed E-state index contributed by atoms with van der Waals surface area (Å²) in [4.78, 5) is 26.2. The molecule has 2 heterocycles. The van der Waals surface area contributed by atoms with Gasteiger partial charge in [0, 0.05) is 6.92 Å². The van der Waals surface area contributed by atoms with Crippen molar-refractivity contribution in [3.63, 3.8) is 0 Å². The molecule has 1 aliphatic heterocycles. The molecule has 9 heteroatoms. The number of nitrogens with zero attached hydrogens (tertiary/aromatic N) is 3. The summed E-state index contributed by atoms with van der Waals surface area (Å²) in [5.74, 6) is -0.986. The molecule has 3 rings (SSSR count). The second-order valence-electron chi connectivity index (χ2n) is 6.18. The number of halogens is 1. The van der Waals surface area contributed by atoms with Crippen LogP contribution in [0.4, 0.5) is 16.0 Å². The van der Waals surface area contributed by atoms with Crippen LogP contribution in [0.5, 0.6) is 0 Å². The molecule has 1 aliphatic rings. The lowest BCUT2D eigenvalue weighted by atomic mass is 10.0. The van der Waals surface area contributed by atoms with Crippen molar-refractivity contribution >= 4 is 23.5 Å². The molecule has 26 heavy (non-hydrogen) atoms. The van der Waals surface area contributed by atoms with Gasteiger partial charge in [-0.15, -0.1) is 0 Å². The van der Waals surface area contributed by atoms with Gasteiger partial charge in [-0.25, -0.2) is 9.02 Å². The van der Waals surface area contributed by atoms with Crippen LogP contribution in [0.2, 0.25) is 0 Å². The van der Waals surface area contributed by atoms with Gasteiger partial charge in [-0.3, -0.25) is 14.5 Å². The van der Waals surface area contributed by atoms with Gasteiger partial charge in [0.05, 0.1) is 0 Å². The maximum Gasteiger partial charge on any atom is 0.247 e. The van der Waals surface area contributed by atoms with Crippen molar-refractivity contribution in [1.82, 2.24) is 15.2 Å². The van der Waals surface area contributed by atoms with Crippen LogP contribution >= 0.6 is 0 Å². The van der Waals surface area contributed by atoms with E-state index in [1.54, 1.807) is 12.1 Å². The number of likely N-dealkylation sites (tertiary alicyclic amines) is 1. The van der Waals surface area contributed by atoms with Gasteiger partial charge in [-0.2, -0.15) is 0 Å². The van der Waals surface area contributed by atoms with Crippen molar-refractivity contribution in [3.8, 4) is 0 Å². The van der Waals surface area contributed by atoms with E-state index in [0.717, 1.165) is 32.4 Å². The van der Waals surface area contributed by atoms with E-state index in [9.17, 15) is 14.0 Å². The molecule has 1 aromatic heterocycles. The number of amides is 2. The van der Waals surface area contributed by atoms with Crippen molar-refractivity contribution in [2.45, 2.75) is 32.2 Å². The van der Waals surface area contributed by atoms with Crippen LogP contribution in [0.25, 0.3) is 0 Å². The molecule has 0 spiro atoms. The molecule has 2 aromatic rings. The minimum absolute atomic E-state index is 0.0364. The van der Waals surface area contributed by atoms with Gasteiger partial charge in [-0.05, 0) is 53.9 Å². The lowest BCUT2D eigenvalue weighted by Gasteiger charge is -2.33. The van der Waals surface area contributed by atoms with Crippen LogP contribution < -0.4 is 10.6 Å². The Morgan fingerprint density at radius 2 is 1.69 bits per heavy atom. The van der Waals surface area contributed by atoms with E-state index in [1.165, 1.54) is 19.1 Å². The Morgan fingerprint density at radius 3 is 2.31 bits per heavy atom. The van der Waals surface area contributed by atoms with Gasteiger partial charge < -0.3 is 10.6 Å². The number of anilines is 2. The minimum Gasteiger partial charge on any atom is -0.305 e. The Morgan fingerprint density at radius 1 is 1.08 bits per heavy atom. The monoisotopic (exact) mass is 361 g/mol. The standard InChI is InChI=1S/C17H20FN5O3/c1-11(24)19-15-16(22-26-21-15)20-17(25)14(23-9-3-2-4-10-23)12-5-7-13(18)8-6-12/h5-8,14H,2-4,9-10H2,1H3,(H,19,21,24)(H,20,22,25). The van der Waals surface area contributed by atoms with Crippen molar-refractivity contribution < 1.29 is 18.6 Å². The largest absolute Gasteiger partial charge is 0.305 e. The summed E-state index contributed by atoms with van der Waals surface area (Å²) in [6.45, 7) is 2.85. The Kier molecular flexibility index (Phi) is 5.57. The van der Waals surface area contributed by atoms with Crippen LogP contribution in [0.1, 0.15) is 37.8 Å². The van der Waals surface area contributed by atoms with Gasteiger partial charge in [0.25, 0.3) is 0 Å². The summed E-state index contributed by atoms with van der Waals surface area (Å²) in [5, 5.41) is 12.3. The topological polar surface area (TPSA) is 100 Å². The predicted octanol–water partition coefficient (Wildman–Crippen LogP) is 2.33. The third-order valence-electron chi connectivity index (χ3n) is 4.21. The number of hydrogen-bond donors (Lipinski definition) is 2. The van der Waals surface area contributed by atoms with Crippen molar-refractivity contribution in [3.05, 3.63) is 35.6 Å². The summed E-state index contributed by atoms with van der Waals surface area (Å²) < 4.78 is 17.9. The van der Waals surface area contributed by atoms with E-state index < -0.39 is 6.04 Å². The molecule has 0 bridgehead atoms. The molecule has 2 N–H and O–H groups in total. The molecule has 0 saturated carbocycles. The first kappa shape index (κ1) is 18.0. The van der Waals surface area contributed by atoms with E-state index in [4.69, 9.17) is 0 Å². The van der Waals surface area contributed by atoms with Crippen molar-refractivity contribution in [2.75, 3.05) is 23.7 Å². The average molecular weight is 361 g/mol. The molecular weight excluding hydrogens is 341 g/mol. The number of nitrogens with one attached hydrogen (secondary N) is 2. The van der Waals surface area contributed by atoms with Crippen LogP contribution in [0.15, 0.2) is 28.9 Å². The molecule has 8 nitrogen and oxygen atoms in total. The number of hydrogen-bond acceptors (Lipinski definition) is 6. The van der Waals surface area contributed by atoms with Gasteiger partial charge in [0.2, 0.25) is 23.5 Å². The molecule has 1 fully saturated rings. The van der Waals surface area contributed by atoms with Crippen LogP contribution in [-0.4, -0.2) is 40.1 Å². The highest BCUT2D eigenvalue weighted by Gasteiger charge is 2.30. The van der Waals surface area contributed by atoms with Crippen LogP contribution in [0.3, 0.4) is 0 Å². The van der Waals surface area contributed by atoms with Crippen molar-refractivity contribution in [1.29, 1.82) is 0 Å². The van der Waals surface area contributed by atoms with E-state index in [0.29, 0.717) is 5.56 Å². The number of carbonyl (C=O) groups excluding carboxylic acids is 2. The van der Waals surface area contributed by atoms with Crippen molar-refractivity contribution in [2.24, 2.45) is 0 Å². The quantitative estimate of drug-likeness (QED) is 0.848. The second kappa shape index (κ2) is 8.05. The molecule has 1 unspecified atom stereocenters. The first-order chi connectivity index (χ1) is 12.5. The number of carbonyl (C=O) groups is 2. The van der Waals surface area contributed by atoms with Gasteiger partial charge in [-0.1, -0.05) is 18.6 Å². The summed E-state index contributed by atoms with van der Waals surface area (Å²) in [7, 11) is 0. The summed E-state index contributed by atoms with van der Waals surface area (Å²) >= 11 is 0. The molecule has 0 radical (unpaired) electrons. The summed E-state index contributed by atoms with van der Waals surface area (Å²) in [6.07, 6.45) is 3.11. The Hall–Kier alpha value is -2.81. The fourth-order valence-electron chi connectivity index (χ4n) is 3.05. The molecule has 138 valence electrons.